The number of anilines is 1. The minimum atomic E-state index is -1.23. The fourth-order valence-electron chi connectivity index (χ4n) is 2.14. The van der Waals surface area contributed by atoms with Gasteiger partial charge < -0.3 is 15.2 Å². The molecule has 9 heteroatoms. The van der Waals surface area contributed by atoms with Gasteiger partial charge >= 0.3 is 5.97 Å². The number of halogens is 4. The monoisotopic (exact) mass is 597 g/mol. The van der Waals surface area contributed by atoms with Gasteiger partial charge in [0.25, 0.3) is 5.91 Å². The molecule has 0 bridgehead atoms. The van der Waals surface area contributed by atoms with Crippen LogP contribution in [0.25, 0.3) is 0 Å². The van der Waals surface area contributed by atoms with Crippen molar-refractivity contribution in [3.8, 4) is 5.75 Å². The van der Waals surface area contributed by atoms with Crippen LogP contribution in [0, 0.1) is 6.92 Å². The van der Waals surface area contributed by atoms with E-state index in [0.29, 0.717) is 24.9 Å². The first-order valence-corrected chi connectivity index (χ1v) is 9.91. The van der Waals surface area contributed by atoms with Crippen molar-refractivity contribution in [3.63, 3.8) is 0 Å². The number of aryl methyl sites for hydroxylation is 1. The molecule has 0 unspecified atom stereocenters. The summed E-state index contributed by atoms with van der Waals surface area (Å²) in [5.74, 6) is -1.18. The highest BCUT2D eigenvalue weighted by Gasteiger charge is 2.28. The van der Waals surface area contributed by atoms with Crippen LogP contribution in [0.5, 0.6) is 5.75 Å². The molecule has 0 atom stereocenters. The fraction of sp³-hybridized carbons (Fsp3) is 0.125. The second-order valence-corrected chi connectivity index (χ2v) is 8.12. The first-order chi connectivity index (χ1) is 11.7. The van der Waals surface area contributed by atoms with Crippen LogP contribution in [-0.2, 0) is 0 Å². The SMILES string of the molecule is COc1cc(NC(=O)c2c(Br)c(Br)c(Br)c(Br)c2C(=O)O)ccc1C. The predicted molar refractivity (Wildman–Crippen MR) is 110 cm³/mol. The van der Waals surface area contributed by atoms with E-state index in [0.717, 1.165) is 5.56 Å². The highest BCUT2D eigenvalue weighted by molar-refractivity contribution is 9.15. The minimum Gasteiger partial charge on any atom is -0.496 e. The Hall–Kier alpha value is -0.900. The molecule has 0 fully saturated rings. The largest absolute Gasteiger partial charge is 0.496 e. The highest BCUT2D eigenvalue weighted by atomic mass is 79.9. The Balaban J connectivity index is 2.54. The van der Waals surface area contributed by atoms with Crippen molar-refractivity contribution in [3.05, 3.63) is 52.8 Å². The Labute approximate surface area is 177 Å². The summed E-state index contributed by atoms with van der Waals surface area (Å²) in [4.78, 5) is 24.4. The number of carboxylic acid groups (broad SMARTS) is 1. The molecule has 2 aromatic rings. The number of benzene rings is 2. The first-order valence-electron chi connectivity index (χ1n) is 6.74. The average Bonchev–Trinajstić information content (AvgIpc) is 2.57. The van der Waals surface area contributed by atoms with E-state index in [-0.39, 0.29) is 15.6 Å². The quantitative estimate of drug-likeness (QED) is 0.333. The summed E-state index contributed by atoms with van der Waals surface area (Å²) in [6, 6.07) is 5.19. The molecule has 0 aromatic heterocycles. The Bertz CT molecular complexity index is 883. The summed E-state index contributed by atoms with van der Waals surface area (Å²) < 4.78 is 6.85. The van der Waals surface area contributed by atoms with Gasteiger partial charge in [-0.15, -0.1) is 0 Å². The van der Waals surface area contributed by atoms with Gasteiger partial charge in [-0.3, -0.25) is 4.79 Å². The van der Waals surface area contributed by atoms with Crippen molar-refractivity contribution < 1.29 is 19.4 Å². The molecule has 132 valence electrons. The number of aromatic carboxylic acids is 1. The van der Waals surface area contributed by atoms with Crippen LogP contribution in [0.4, 0.5) is 5.69 Å². The summed E-state index contributed by atoms with van der Waals surface area (Å²) in [5, 5.41) is 12.2. The molecule has 0 saturated carbocycles. The van der Waals surface area contributed by atoms with Crippen molar-refractivity contribution in [1.82, 2.24) is 0 Å². The van der Waals surface area contributed by atoms with Crippen LogP contribution in [0.1, 0.15) is 26.3 Å². The van der Waals surface area contributed by atoms with Gasteiger partial charge in [-0.1, -0.05) is 6.07 Å². The number of rotatable bonds is 4. The average molecular weight is 601 g/mol. The topological polar surface area (TPSA) is 75.6 Å². The van der Waals surface area contributed by atoms with Crippen LogP contribution in [0.3, 0.4) is 0 Å². The van der Waals surface area contributed by atoms with Crippen molar-refractivity contribution >= 4 is 81.3 Å². The normalized spacial score (nSPS) is 10.5. The smallest absolute Gasteiger partial charge is 0.337 e. The number of carboxylic acids is 1. The van der Waals surface area contributed by atoms with Crippen LogP contribution in [0.15, 0.2) is 36.1 Å². The molecule has 25 heavy (non-hydrogen) atoms. The van der Waals surface area contributed by atoms with E-state index in [2.05, 4.69) is 69.0 Å². The second kappa shape index (κ2) is 8.20. The molecule has 2 aromatic carbocycles. The van der Waals surface area contributed by atoms with Gasteiger partial charge in [-0.05, 0) is 82.3 Å². The molecule has 0 aliphatic carbocycles. The minimum absolute atomic E-state index is 0.00556. The lowest BCUT2D eigenvalue weighted by Gasteiger charge is -2.15. The molecule has 0 spiro atoms. The lowest BCUT2D eigenvalue weighted by Crippen LogP contribution is -2.18. The van der Waals surface area contributed by atoms with E-state index in [1.165, 1.54) is 7.11 Å². The lowest BCUT2D eigenvalue weighted by molar-refractivity contribution is 0.0691. The number of ether oxygens (including phenoxy) is 1. The number of amides is 1. The Morgan fingerprint density at radius 1 is 1.00 bits per heavy atom. The Kier molecular flexibility index (Phi) is 6.69. The van der Waals surface area contributed by atoms with E-state index in [4.69, 9.17) is 4.74 Å². The van der Waals surface area contributed by atoms with Gasteiger partial charge in [-0.25, -0.2) is 4.79 Å². The molecule has 2 N–H and O–H groups in total. The standard InChI is InChI=1S/C16H11Br4NO4/c1-6-3-4-7(5-8(6)25-2)21-15(22)9-10(16(23)24)12(18)14(20)13(19)11(9)17/h3-5H,1-2H3,(H,21,22)(H,23,24). The number of carbonyl (C=O) groups is 2. The third kappa shape index (κ3) is 4.10. The van der Waals surface area contributed by atoms with Gasteiger partial charge in [0.1, 0.15) is 5.75 Å². The number of methoxy groups -OCH3 is 1. The van der Waals surface area contributed by atoms with Crippen molar-refractivity contribution in [2.24, 2.45) is 0 Å². The van der Waals surface area contributed by atoms with E-state index >= 15 is 0 Å². The molecule has 0 aliphatic rings. The van der Waals surface area contributed by atoms with Gasteiger partial charge in [-0.2, -0.15) is 0 Å². The van der Waals surface area contributed by atoms with E-state index in [1.807, 2.05) is 6.92 Å². The van der Waals surface area contributed by atoms with Crippen LogP contribution in [0.2, 0.25) is 0 Å². The molecule has 5 nitrogen and oxygen atoms in total. The van der Waals surface area contributed by atoms with Gasteiger partial charge in [0.05, 0.1) is 18.2 Å². The molecular formula is C16H11Br4NO4. The van der Waals surface area contributed by atoms with Crippen molar-refractivity contribution in [1.29, 1.82) is 0 Å². The van der Waals surface area contributed by atoms with E-state index < -0.39 is 11.9 Å². The van der Waals surface area contributed by atoms with Crippen molar-refractivity contribution in [2.45, 2.75) is 6.92 Å². The van der Waals surface area contributed by atoms with Crippen molar-refractivity contribution in [2.75, 3.05) is 12.4 Å². The summed E-state index contributed by atoms with van der Waals surface area (Å²) in [5.41, 5.74) is 1.25. The second-order valence-electron chi connectivity index (χ2n) is 4.95. The fourth-order valence-corrected chi connectivity index (χ4v) is 4.60. The maximum absolute atomic E-state index is 12.8. The number of hydrogen-bond acceptors (Lipinski definition) is 3. The molecule has 2 rings (SSSR count). The lowest BCUT2D eigenvalue weighted by atomic mass is 10.1. The zero-order chi connectivity index (χ0) is 18.9. The summed E-state index contributed by atoms with van der Waals surface area (Å²) >= 11 is 13.1. The maximum atomic E-state index is 12.8. The summed E-state index contributed by atoms with van der Waals surface area (Å²) in [6.45, 7) is 1.88. The van der Waals surface area contributed by atoms with Crippen LogP contribution >= 0.6 is 63.7 Å². The molecule has 1 amide bonds. The van der Waals surface area contributed by atoms with Gasteiger partial charge in [0.15, 0.2) is 0 Å². The zero-order valence-corrected chi connectivity index (χ0v) is 19.3. The first kappa shape index (κ1) is 20.4. The highest BCUT2D eigenvalue weighted by Crippen LogP contribution is 2.42. The number of hydrogen-bond donors (Lipinski definition) is 2. The van der Waals surface area contributed by atoms with Gasteiger partial charge in [0, 0.05) is 29.6 Å². The predicted octanol–water partition coefficient (Wildman–Crippen LogP) is 6.00. The molecule has 0 saturated heterocycles. The summed E-state index contributed by atoms with van der Waals surface area (Å²) in [7, 11) is 1.54. The molecule has 0 heterocycles. The van der Waals surface area contributed by atoms with E-state index in [1.54, 1.807) is 18.2 Å². The molecule has 0 aliphatic heterocycles. The third-order valence-electron chi connectivity index (χ3n) is 3.37. The maximum Gasteiger partial charge on any atom is 0.337 e. The Morgan fingerprint density at radius 3 is 2.08 bits per heavy atom. The van der Waals surface area contributed by atoms with Crippen LogP contribution in [-0.4, -0.2) is 24.1 Å². The Morgan fingerprint density at radius 2 is 1.56 bits per heavy atom. The van der Waals surface area contributed by atoms with E-state index in [9.17, 15) is 14.7 Å². The third-order valence-corrected chi connectivity index (χ3v) is 8.14. The molecular weight excluding hydrogens is 590 g/mol. The van der Waals surface area contributed by atoms with Crippen LogP contribution < -0.4 is 10.1 Å². The van der Waals surface area contributed by atoms with Gasteiger partial charge in [0.2, 0.25) is 0 Å². The zero-order valence-electron chi connectivity index (χ0n) is 12.9. The number of nitrogens with one attached hydrogen (secondary N) is 1. The summed E-state index contributed by atoms with van der Waals surface area (Å²) in [6.07, 6.45) is 0. The molecule has 0 radical (unpaired) electrons. The number of carbonyl (C=O) groups excluding carboxylic acids is 1.